The average Bonchev–Trinajstić information content (AvgIpc) is 2.30. The van der Waals surface area contributed by atoms with Crippen LogP contribution in [0.25, 0.3) is 0 Å². The first kappa shape index (κ1) is 9.34. The van der Waals surface area contributed by atoms with Gasteiger partial charge in [0.1, 0.15) is 0 Å². The van der Waals surface area contributed by atoms with Crippen LogP contribution in [0.15, 0.2) is 0 Å². The van der Waals surface area contributed by atoms with E-state index in [-0.39, 0.29) is 0 Å². The third-order valence-electron chi connectivity index (χ3n) is 2.75. The van der Waals surface area contributed by atoms with E-state index in [0.29, 0.717) is 12.1 Å². The summed E-state index contributed by atoms with van der Waals surface area (Å²) in [5.41, 5.74) is 0. The molecule has 0 aromatic carbocycles. The van der Waals surface area contributed by atoms with Crippen LogP contribution < -0.4 is 0 Å². The maximum atomic E-state index is 5.90. The molecule has 0 spiro atoms. The molecule has 1 saturated heterocycles. The molecule has 0 saturated carbocycles. The first-order valence-corrected chi connectivity index (χ1v) is 5.02. The van der Waals surface area contributed by atoms with Gasteiger partial charge in [0.25, 0.3) is 0 Å². The minimum Gasteiger partial charge on any atom is -0.297 e. The van der Waals surface area contributed by atoms with Crippen molar-refractivity contribution in [3.63, 3.8) is 0 Å². The van der Waals surface area contributed by atoms with Gasteiger partial charge in [0.05, 0.1) is 0 Å². The van der Waals surface area contributed by atoms with Gasteiger partial charge in [-0.15, -0.1) is 11.6 Å². The van der Waals surface area contributed by atoms with Crippen molar-refractivity contribution in [2.45, 2.75) is 39.3 Å². The Hall–Kier alpha value is 0.250. The molecule has 0 aromatic rings. The third-order valence-corrected chi connectivity index (χ3v) is 3.06. The maximum Gasteiger partial charge on any atom is 0.0382 e. The van der Waals surface area contributed by atoms with Crippen molar-refractivity contribution in [1.29, 1.82) is 0 Å². The molecule has 66 valence electrons. The predicted octanol–water partition coefficient (Wildman–Crippen LogP) is 2.34. The summed E-state index contributed by atoms with van der Waals surface area (Å²) in [6.45, 7) is 8.03. The van der Waals surface area contributed by atoms with Crippen molar-refractivity contribution < 1.29 is 0 Å². The maximum absolute atomic E-state index is 5.90. The Kier molecular flexibility index (Phi) is 3.20. The van der Waals surface area contributed by atoms with E-state index >= 15 is 0 Å². The smallest absolute Gasteiger partial charge is 0.0382 e. The highest BCUT2D eigenvalue weighted by Crippen LogP contribution is 2.26. The number of likely N-dealkylation sites (tertiary alicyclic amines) is 1. The van der Waals surface area contributed by atoms with Crippen LogP contribution in [-0.4, -0.2) is 29.4 Å². The van der Waals surface area contributed by atoms with E-state index in [1.165, 1.54) is 13.0 Å². The number of alkyl halides is 1. The van der Waals surface area contributed by atoms with E-state index in [4.69, 9.17) is 11.6 Å². The lowest BCUT2D eigenvalue weighted by atomic mass is 10.0. The first-order chi connectivity index (χ1) is 5.16. The van der Waals surface area contributed by atoms with Crippen LogP contribution >= 0.6 is 11.6 Å². The fourth-order valence-corrected chi connectivity index (χ4v) is 2.40. The minimum absolute atomic E-state index is 0.622. The van der Waals surface area contributed by atoms with E-state index in [0.717, 1.165) is 11.8 Å². The summed E-state index contributed by atoms with van der Waals surface area (Å²) < 4.78 is 0. The van der Waals surface area contributed by atoms with E-state index < -0.39 is 0 Å². The number of rotatable bonds is 2. The van der Waals surface area contributed by atoms with Gasteiger partial charge in [-0.05, 0) is 32.7 Å². The van der Waals surface area contributed by atoms with Gasteiger partial charge in [0.2, 0.25) is 0 Å². The Bertz CT molecular complexity index is 125. The summed E-state index contributed by atoms with van der Waals surface area (Å²) >= 11 is 5.90. The van der Waals surface area contributed by atoms with Crippen LogP contribution in [0, 0.1) is 5.92 Å². The molecule has 1 nitrogen and oxygen atoms in total. The highest BCUT2D eigenvalue weighted by atomic mass is 35.5. The summed E-state index contributed by atoms with van der Waals surface area (Å²) in [5.74, 6) is 1.58. The monoisotopic (exact) mass is 175 g/mol. The van der Waals surface area contributed by atoms with Gasteiger partial charge < -0.3 is 0 Å². The Morgan fingerprint density at radius 3 is 2.55 bits per heavy atom. The van der Waals surface area contributed by atoms with Crippen LogP contribution in [0.4, 0.5) is 0 Å². The molecule has 11 heavy (non-hydrogen) atoms. The number of halogens is 1. The van der Waals surface area contributed by atoms with Gasteiger partial charge in [-0.2, -0.15) is 0 Å². The number of hydrogen-bond donors (Lipinski definition) is 0. The molecule has 0 radical (unpaired) electrons. The summed E-state index contributed by atoms with van der Waals surface area (Å²) in [4.78, 5) is 2.51. The molecule has 2 atom stereocenters. The second-order valence-corrected chi connectivity index (χ2v) is 4.13. The van der Waals surface area contributed by atoms with Gasteiger partial charge in [-0.3, -0.25) is 4.90 Å². The van der Waals surface area contributed by atoms with Crippen molar-refractivity contribution in [2.24, 2.45) is 5.92 Å². The fraction of sp³-hybridized carbons (Fsp3) is 1.00. The van der Waals surface area contributed by atoms with Crippen molar-refractivity contribution in [3.05, 3.63) is 0 Å². The summed E-state index contributed by atoms with van der Waals surface area (Å²) in [6.07, 6.45) is 1.32. The molecule has 0 aliphatic carbocycles. The lowest BCUT2D eigenvalue weighted by Gasteiger charge is -2.28. The van der Waals surface area contributed by atoms with Crippen molar-refractivity contribution >= 4 is 11.6 Å². The molecule has 0 aromatic heterocycles. The summed E-state index contributed by atoms with van der Waals surface area (Å²) in [7, 11) is 0. The Labute approximate surface area is 74.7 Å². The molecule has 2 heteroatoms. The second kappa shape index (κ2) is 3.77. The Morgan fingerprint density at radius 2 is 2.18 bits per heavy atom. The SMILES string of the molecule is CC1CCN(C(C)C)C1CCl. The van der Waals surface area contributed by atoms with Crippen molar-refractivity contribution in [3.8, 4) is 0 Å². The molecular formula is C9H18ClN. The van der Waals surface area contributed by atoms with E-state index in [1.54, 1.807) is 0 Å². The summed E-state index contributed by atoms with van der Waals surface area (Å²) in [5, 5.41) is 0. The molecular weight excluding hydrogens is 158 g/mol. The largest absolute Gasteiger partial charge is 0.297 e. The standard InChI is InChI=1S/C9H18ClN/c1-7(2)11-5-4-8(3)9(11)6-10/h7-9H,4-6H2,1-3H3. The van der Waals surface area contributed by atoms with Crippen molar-refractivity contribution in [2.75, 3.05) is 12.4 Å². The van der Waals surface area contributed by atoms with Crippen LogP contribution in [-0.2, 0) is 0 Å². The molecule has 1 fully saturated rings. The molecule has 1 heterocycles. The minimum atomic E-state index is 0.622. The quantitative estimate of drug-likeness (QED) is 0.583. The lowest BCUT2D eigenvalue weighted by molar-refractivity contribution is 0.202. The van der Waals surface area contributed by atoms with Gasteiger partial charge in [0, 0.05) is 18.0 Å². The van der Waals surface area contributed by atoms with Crippen LogP contribution in [0.2, 0.25) is 0 Å². The third kappa shape index (κ3) is 1.88. The second-order valence-electron chi connectivity index (χ2n) is 3.82. The molecule has 1 aliphatic rings. The normalized spacial score (nSPS) is 33.5. The van der Waals surface area contributed by atoms with E-state index in [9.17, 15) is 0 Å². The summed E-state index contributed by atoms with van der Waals surface area (Å²) in [6, 6.07) is 1.28. The van der Waals surface area contributed by atoms with Crippen molar-refractivity contribution in [1.82, 2.24) is 4.90 Å². The van der Waals surface area contributed by atoms with Crippen LogP contribution in [0.1, 0.15) is 27.2 Å². The van der Waals surface area contributed by atoms with E-state index in [2.05, 4.69) is 25.7 Å². The number of hydrogen-bond acceptors (Lipinski definition) is 1. The predicted molar refractivity (Wildman–Crippen MR) is 50.1 cm³/mol. The molecule has 2 unspecified atom stereocenters. The lowest BCUT2D eigenvalue weighted by Crippen LogP contribution is -2.38. The molecule has 1 aliphatic heterocycles. The van der Waals surface area contributed by atoms with Crippen LogP contribution in [0.5, 0.6) is 0 Å². The average molecular weight is 176 g/mol. The van der Waals surface area contributed by atoms with Gasteiger partial charge >= 0.3 is 0 Å². The molecule has 0 bridgehead atoms. The van der Waals surface area contributed by atoms with Crippen LogP contribution in [0.3, 0.4) is 0 Å². The molecule has 1 rings (SSSR count). The zero-order valence-corrected chi connectivity index (χ0v) is 8.43. The first-order valence-electron chi connectivity index (χ1n) is 4.48. The molecule has 0 amide bonds. The zero-order chi connectivity index (χ0) is 8.43. The van der Waals surface area contributed by atoms with Gasteiger partial charge in [0.15, 0.2) is 0 Å². The topological polar surface area (TPSA) is 3.24 Å². The number of nitrogens with zero attached hydrogens (tertiary/aromatic N) is 1. The Morgan fingerprint density at radius 1 is 1.55 bits per heavy atom. The zero-order valence-electron chi connectivity index (χ0n) is 7.68. The fourth-order valence-electron chi connectivity index (χ4n) is 1.92. The van der Waals surface area contributed by atoms with Gasteiger partial charge in [-0.1, -0.05) is 6.92 Å². The van der Waals surface area contributed by atoms with E-state index in [1.807, 2.05) is 0 Å². The Balaban J connectivity index is 2.54. The molecule has 0 N–H and O–H groups in total. The highest BCUT2D eigenvalue weighted by molar-refractivity contribution is 6.18. The highest BCUT2D eigenvalue weighted by Gasteiger charge is 2.31. The van der Waals surface area contributed by atoms with Gasteiger partial charge in [-0.25, -0.2) is 0 Å².